The van der Waals surface area contributed by atoms with Crippen molar-refractivity contribution in [2.24, 2.45) is 27.8 Å². The molecule has 0 spiro atoms. The highest BCUT2D eigenvalue weighted by atomic mass is 35.5. The number of nitrogens with zero attached hydrogens (tertiary/aromatic N) is 4. The number of rotatable bonds is 13. The first-order chi connectivity index (χ1) is 22.1. The summed E-state index contributed by atoms with van der Waals surface area (Å²) in [7, 11) is 0. The predicted molar refractivity (Wildman–Crippen MR) is 191 cm³/mol. The van der Waals surface area contributed by atoms with Gasteiger partial charge in [0, 0.05) is 5.41 Å². The molecule has 0 bridgehead atoms. The summed E-state index contributed by atoms with van der Waals surface area (Å²) in [5.74, 6) is 0.133. The molecule has 2 aliphatic rings. The molecule has 0 saturated heterocycles. The van der Waals surface area contributed by atoms with Crippen LogP contribution in [0.1, 0.15) is 125 Å². The standard InChI is InChI=1S/C39H56ClFN4O2/c1-27(2)12-9-13-28(3)14-10-15-29(4)16-11-17-35-38(7)22-21-36(37(5,6)34(38)20-23-39(35,8)46)43-47-26-30-25-45(44-42-30)31-18-19-33(41)32(40)24-31/h12,14,16,18-19,24-25,34-35,46H,9-11,13,15,17,20-23,26H2,1-8H3/b28-14+,29-16+,43-36+/t34-,35+,38-,39+/m0/s1. The van der Waals surface area contributed by atoms with Gasteiger partial charge < -0.3 is 9.94 Å². The highest BCUT2D eigenvalue weighted by Gasteiger charge is 2.59. The Morgan fingerprint density at radius 1 is 1.04 bits per heavy atom. The van der Waals surface area contributed by atoms with E-state index in [9.17, 15) is 9.50 Å². The van der Waals surface area contributed by atoms with Gasteiger partial charge in [0.2, 0.25) is 0 Å². The van der Waals surface area contributed by atoms with Gasteiger partial charge in [-0.05, 0) is 134 Å². The molecular formula is C39H56ClFN4O2. The lowest BCUT2D eigenvalue weighted by atomic mass is 9.44. The fourth-order valence-corrected chi connectivity index (χ4v) is 8.45. The highest BCUT2D eigenvalue weighted by molar-refractivity contribution is 6.30. The Bertz CT molecular complexity index is 1500. The van der Waals surface area contributed by atoms with Crippen molar-refractivity contribution in [2.75, 3.05) is 0 Å². The minimum absolute atomic E-state index is 0.0102. The van der Waals surface area contributed by atoms with Crippen LogP contribution < -0.4 is 0 Å². The lowest BCUT2D eigenvalue weighted by Crippen LogP contribution is -2.59. The average Bonchev–Trinajstić information content (AvgIpc) is 3.45. The van der Waals surface area contributed by atoms with Crippen LogP contribution in [0.2, 0.25) is 5.02 Å². The molecular weight excluding hydrogens is 611 g/mol. The Balaban J connectivity index is 1.35. The van der Waals surface area contributed by atoms with Crippen molar-refractivity contribution in [2.45, 2.75) is 132 Å². The summed E-state index contributed by atoms with van der Waals surface area (Å²) >= 11 is 5.93. The summed E-state index contributed by atoms with van der Waals surface area (Å²) in [6.07, 6.45) is 18.8. The summed E-state index contributed by atoms with van der Waals surface area (Å²) in [4.78, 5) is 5.86. The van der Waals surface area contributed by atoms with E-state index in [4.69, 9.17) is 16.4 Å². The number of aliphatic hydroxyl groups is 1. The van der Waals surface area contributed by atoms with Gasteiger partial charge in [-0.1, -0.05) is 77.7 Å². The maximum absolute atomic E-state index is 13.6. The van der Waals surface area contributed by atoms with Crippen LogP contribution in [0.15, 0.2) is 64.5 Å². The molecule has 2 aliphatic carbocycles. The first-order valence-electron chi connectivity index (χ1n) is 17.4. The van der Waals surface area contributed by atoms with E-state index in [-0.39, 0.29) is 28.4 Å². The Kier molecular flexibility index (Phi) is 12.3. The van der Waals surface area contributed by atoms with Crippen molar-refractivity contribution in [3.8, 4) is 5.69 Å². The lowest BCUT2D eigenvalue weighted by molar-refractivity contribution is -0.150. The van der Waals surface area contributed by atoms with Gasteiger partial charge in [-0.25, -0.2) is 9.07 Å². The number of oxime groups is 1. The zero-order valence-electron chi connectivity index (χ0n) is 29.9. The number of hydrogen-bond acceptors (Lipinski definition) is 5. The van der Waals surface area contributed by atoms with Crippen LogP contribution in [0.25, 0.3) is 5.69 Å². The Hall–Kier alpha value is -2.77. The molecule has 2 fully saturated rings. The van der Waals surface area contributed by atoms with Crippen LogP contribution in [-0.4, -0.2) is 31.4 Å². The minimum Gasteiger partial charge on any atom is -0.390 e. The minimum atomic E-state index is -0.681. The summed E-state index contributed by atoms with van der Waals surface area (Å²) in [6, 6.07) is 4.42. The third-order valence-electron chi connectivity index (χ3n) is 11.0. The smallest absolute Gasteiger partial charge is 0.162 e. The molecule has 1 aromatic heterocycles. The van der Waals surface area contributed by atoms with Gasteiger partial charge in [-0.15, -0.1) is 5.10 Å². The maximum Gasteiger partial charge on any atom is 0.162 e. The molecule has 0 aliphatic heterocycles. The molecule has 4 rings (SSSR count). The van der Waals surface area contributed by atoms with Gasteiger partial charge in [0.15, 0.2) is 6.61 Å². The molecule has 1 heterocycles. The number of allylic oxidation sites excluding steroid dienone is 6. The monoisotopic (exact) mass is 666 g/mol. The Morgan fingerprint density at radius 2 is 1.72 bits per heavy atom. The average molecular weight is 667 g/mol. The molecule has 2 aromatic rings. The third kappa shape index (κ3) is 9.23. The zero-order chi connectivity index (χ0) is 34.4. The van der Waals surface area contributed by atoms with Crippen molar-refractivity contribution in [3.05, 3.63) is 75.9 Å². The molecule has 1 N–H and O–H groups in total. The van der Waals surface area contributed by atoms with Crippen LogP contribution in [0, 0.1) is 28.5 Å². The highest BCUT2D eigenvalue weighted by Crippen LogP contribution is 2.62. The van der Waals surface area contributed by atoms with E-state index in [0.29, 0.717) is 17.3 Å². The van der Waals surface area contributed by atoms with Crippen LogP contribution in [0.4, 0.5) is 4.39 Å². The van der Waals surface area contributed by atoms with Gasteiger partial charge in [-0.2, -0.15) is 0 Å². The lowest BCUT2D eigenvalue weighted by Gasteiger charge is -2.61. The van der Waals surface area contributed by atoms with Gasteiger partial charge in [0.25, 0.3) is 0 Å². The van der Waals surface area contributed by atoms with Crippen LogP contribution in [-0.2, 0) is 11.4 Å². The van der Waals surface area contributed by atoms with E-state index in [1.165, 1.54) is 28.9 Å². The third-order valence-corrected chi connectivity index (χ3v) is 11.3. The first-order valence-corrected chi connectivity index (χ1v) is 17.7. The SMILES string of the molecule is CC(C)=CCC/C(C)=C/CC/C(C)=C/CC[C@@H]1[C@@]2(C)CC/C(=N\OCc3cn(-c4ccc(F)c(Cl)c4)nn3)C(C)(C)[C@@H]2CC[C@@]1(C)O. The van der Waals surface area contributed by atoms with Gasteiger partial charge in [0.05, 0.1) is 28.2 Å². The maximum atomic E-state index is 13.6. The molecule has 258 valence electrons. The second-order valence-electron chi connectivity index (χ2n) is 15.3. The van der Waals surface area contributed by atoms with Gasteiger partial charge in [-0.3, -0.25) is 0 Å². The molecule has 4 atom stereocenters. The Labute approximate surface area is 287 Å². The molecule has 6 nitrogen and oxygen atoms in total. The molecule has 2 saturated carbocycles. The van der Waals surface area contributed by atoms with Crippen molar-refractivity contribution < 1.29 is 14.3 Å². The van der Waals surface area contributed by atoms with E-state index in [1.807, 2.05) is 0 Å². The second-order valence-corrected chi connectivity index (χ2v) is 15.7. The molecule has 0 amide bonds. The van der Waals surface area contributed by atoms with Crippen molar-refractivity contribution in [1.82, 2.24) is 15.0 Å². The summed E-state index contributed by atoms with van der Waals surface area (Å²) < 4.78 is 15.1. The van der Waals surface area contributed by atoms with Crippen molar-refractivity contribution >= 4 is 17.3 Å². The largest absolute Gasteiger partial charge is 0.390 e. The zero-order valence-corrected chi connectivity index (χ0v) is 30.6. The summed E-state index contributed by atoms with van der Waals surface area (Å²) in [6.45, 7) is 18.1. The van der Waals surface area contributed by atoms with Crippen LogP contribution in [0.5, 0.6) is 0 Å². The van der Waals surface area contributed by atoms with Crippen molar-refractivity contribution in [1.29, 1.82) is 0 Å². The number of fused-ring (bicyclic) bond motifs is 1. The number of aromatic nitrogens is 3. The van der Waals surface area contributed by atoms with E-state index in [2.05, 4.69) is 89.1 Å². The number of halogens is 2. The quantitative estimate of drug-likeness (QED) is 0.170. The summed E-state index contributed by atoms with van der Waals surface area (Å²) in [5.41, 5.74) is 5.78. The van der Waals surface area contributed by atoms with Crippen molar-refractivity contribution in [3.63, 3.8) is 0 Å². The van der Waals surface area contributed by atoms with E-state index >= 15 is 0 Å². The van der Waals surface area contributed by atoms with Gasteiger partial charge in [0.1, 0.15) is 11.5 Å². The fraction of sp³-hybridized carbons (Fsp3) is 0.615. The predicted octanol–water partition coefficient (Wildman–Crippen LogP) is 10.7. The first kappa shape index (κ1) is 37.1. The van der Waals surface area contributed by atoms with Gasteiger partial charge >= 0.3 is 0 Å². The Morgan fingerprint density at radius 3 is 2.40 bits per heavy atom. The second kappa shape index (κ2) is 15.6. The van der Waals surface area contributed by atoms with E-state index in [0.717, 1.165) is 69.9 Å². The fourth-order valence-electron chi connectivity index (χ4n) is 8.27. The topological polar surface area (TPSA) is 72.5 Å². The van der Waals surface area contributed by atoms with Crippen LogP contribution >= 0.6 is 11.6 Å². The van der Waals surface area contributed by atoms with E-state index < -0.39 is 11.4 Å². The number of hydrogen-bond donors (Lipinski definition) is 1. The molecule has 8 heteroatoms. The van der Waals surface area contributed by atoms with Crippen LogP contribution in [0.3, 0.4) is 0 Å². The molecule has 0 unspecified atom stereocenters. The molecule has 1 aromatic carbocycles. The normalized spacial score (nSPS) is 27.1. The van der Waals surface area contributed by atoms with E-state index in [1.54, 1.807) is 16.9 Å². The summed E-state index contributed by atoms with van der Waals surface area (Å²) in [5, 5.41) is 24.7. The molecule has 47 heavy (non-hydrogen) atoms. The number of benzene rings is 1. The molecule has 0 radical (unpaired) electrons.